The maximum Gasteiger partial charge on any atom is 0.408 e. The third kappa shape index (κ3) is 5.11. The third-order valence-corrected chi connectivity index (χ3v) is 6.74. The third-order valence-electron chi connectivity index (χ3n) is 6.74. The molecule has 4 rings (SSSR count). The monoisotopic (exact) mass is 453 g/mol. The summed E-state index contributed by atoms with van der Waals surface area (Å²) in [6.07, 6.45) is 1.67. The maximum atomic E-state index is 13.9. The SMILES string of the molecule is CC(C)(C)OC(=O)N[C@H]1c2ccccc2C[C@@H]1CC(=O)C1(c2ccc(F)cc2)CCOCC1. The number of ketones is 1. The van der Waals surface area contributed by atoms with Crippen molar-refractivity contribution in [2.75, 3.05) is 13.2 Å². The van der Waals surface area contributed by atoms with Crippen molar-refractivity contribution >= 4 is 11.9 Å². The molecule has 1 fully saturated rings. The Bertz CT molecular complexity index is 1010. The van der Waals surface area contributed by atoms with Crippen molar-refractivity contribution in [1.82, 2.24) is 5.32 Å². The van der Waals surface area contributed by atoms with E-state index in [-0.39, 0.29) is 23.6 Å². The van der Waals surface area contributed by atoms with Crippen molar-refractivity contribution in [2.24, 2.45) is 5.92 Å². The first-order chi connectivity index (χ1) is 15.7. The largest absolute Gasteiger partial charge is 0.444 e. The molecule has 6 heteroatoms. The highest BCUT2D eigenvalue weighted by molar-refractivity contribution is 5.90. The molecule has 1 amide bonds. The van der Waals surface area contributed by atoms with E-state index < -0.39 is 17.1 Å². The topological polar surface area (TPSA) is 64.6 Å². The minimum absolute atomic E-state index is 0.0809. The smallest absolute Gasteiger partial charge is 0.408 e. The van der Waals surface area contributed by atoms with Gasteiger partial charge in [0.2, 0.25) is 0 Å². The highest BCUT2D eigenvalue weighted by Crippen LogP contribution is 2.43. The number of Topliss-reactive ketones (excluding diaryl/α,β-unsaturated/α-hetero) is 1. The highest BCUT2D eigenvalue weighted by atomic mass is 19.1. The Morgan fingerprint density at radius 1 is 1.09 bits per heavy atom. The van der Waals surface area contributed by atoms with Crippen LogP contribution in [0.15, 0.2) is 48.5 Å². The summed E-state index contributed by atoms with van der Waals surface area (Å²) in [4.78, 5) is 26.5. The summed E-state index contributed by atoms with van der Waals surface area (Å²) in [6.45, 7) is 6.47. The molecular formula is C27H32FNO4. The number of amides is 1. The second-order valence-corrected chi connectivity index (χ2v) is 10.1. The molecule has 1 heterocycles. The Balaban J connectivity index is 1.59. The Morgan fingerprint density at radius 3 is 2.42 bits per heavy atom. The minimum Gasteiger partial charge on any atom is -0.444 e. The zero-order chi connectivity index (χ0) is 23.6. The molecule has 176 valence electrons. The van der Waals surface area contributed by atoms with E-state index in [2.05, 4.69) is 5.32 Å². The molecule has 0 saturated carbocycles. The van der Waals surface area contributed by atoms with Gasteiger partial charge in [0, 0.05) is 19.6 Å². The molecule has 33 heavy (non-hydrogen) atoms. The molecule has 0 spiro atoms. The van der Waals surface area contributed by atoms with Crippen LogP contribution in [0, 0.1) is 11.7 Å². The fourth-order valence-corrected chi connectivity index (χ4v) is 5.15. The summed E-state index contributed by atoms with van der Waals surface area (Å²) in [5.41, 5.74) is 1.70. The Hall–Kier alpha value is -2.73. The Kier molecular flexibility index (Phi) is 6.57. The molecule has 1 saturated heterocycles. The standard InChI is InChI=1S/C27H32FNO4/c1-26(2,3)33-25(31)29-24-19(16-18-6-4-5-7-22(18)24)17-23(30)27(12-14-32-15-13-27)20-8-10-21(28)11-9-20/h4-11,19,24H,12-17H2,1-3H3,(H,29,31)/t19-,24-/m1/s1. The Morgan fingerprint density at radius 2 is 1.76 bits per heavy atom. The number of ether oxygens (including phenoxy) is 2. The molecule has 0 bridgehead atoms. The highest BCUT2D eigenvalue weighted by Gasteiger charge is 2.44. The average molecular weight is 454 g/mol. The van der Waals surface area contributed by atoms with E-state index >= 15 is 0 Å². The fourth-order valence-electron chi connectivity index (χ4n) is 5.15. The van der Waals surface area contributed by atoms with Gasteiger partial charge in [-0.25, -0.2) is 9.18 Å². The molecule has 1 N–H and O–H groups in total. The van der Waals surface area contributed by atoms with Crippen LogP contribution in [0.2, 0.25) is 0 Å². The number of hydrogen-bond acceptors (Lipinski definition) is 4. The molecule has 2 aliphatic rings. The number of carbonyl (C=O) groups excluding carboxylic acids is 2. The molecule has 1 aliphatic heterocycles. The van der Waals surface area contributed by atoms with Crippen molar-refractivity contribution in [3.63, 3.8) is 0 Å². The lowest BCUT2D eigenvalue weighted by atomic mass is 9.68. The quantitative estimate of drug-likeness (QED) is 0.670. The maximum absolute atomic E-state index is 13.9. The lowest BCUT2D eigenvalue weighted by Crippen LogP contribution is -2.43. The van der Waals surface area contributed by atoms with E-state index in [1.807, 2.05) is 45.0 Å². The van der Waals surface area contributed by atoms with E-state index in [0.717, 1.165) is 16.7 Å². The number of halogens is 1. The fraction of sp³-hybridized carbons (Fsp3) is 0.481. The molecule has 0 unspecified atom stereocenters. The summed E-state index contributed by atoms with van der Waals surface area (Å²) < 4.78 is 24.6. The first-order valence-electron chi connectivity index (χ1n) is 11.6. The van der Waals surface area contributed by atoms with Gasteiger partial charge in [-0.2, -0.15) is 0 Å². The lowest BCUT2D eigenvalue weighted by Gasteiger charge is -2.37. The molecule has 2 aromatic carbocycles. The van der Waals surface area contributed by atoms with Gasteiger partial charge in [0.25, 0.3) is 0 Å². The van der Waals surface area contributed by atoms with Crippen molar-refractivity contribution < 1.29 is 23.5 Å². The summed E-state index contributed by atoms with van der Waals surface area (Å²) in [6, 6.07) is 14.0. The van der Waals surface area contributed by atoms with E-state index in [4.69, 9.17) is 9.47 Å². The van der Waals surface area contributed by atoms with Crippen molar-refractivity contribution in [3.8, 4) is 0 Å². The van der Waals surface area contributed by atoms with E-state index in [0.29, 0.717) is 38.9 Å². The Labute approximate surface area is 194 Å². The van der Waals surface area contributed by atoms with Crippen LogP contribution in [-0.2, 0) is 26.1 Å². The van der Waals surface area contributed by atoms with E-state index in [1.165, 1.54) is 12.1 Å². The van der Waals surface area contributed by atoms with Crippen molar-refractivity contribution in [3.05, 3.63) is 71.0 Å². The van der Waals surface area contributed by atoms with Gasteiger partial charge in [-0.15, -0.1) is 0 Å². The predicted molar refractivity (Wildman–Crippen MR) is 124 cm³/mol. The molecule has 0 aromatic heterocycles. The normalized spacial score (nSPS) is 21.8. The summed E-state index contributed by atoms with van der Waals surface area (Å²) in [5.74, 6) is -0.282. The number of rotatable bonds is 5. The van der Waals surface area contributed by atoms with Gasteiger partial charge in [0.15, 0.2) is 0 Å². The number of hydrogen-bond donors (Lipinski definition) is 1. The minimum atomic E-state index is -0.697. The molecule has 2 aromatic rings. The van der Waals surface area contributed by atoms with Crippen LogP contribution in [0.4, 0.5) is 9.18 Å². The van der Waals surface area contributed by atoms with Crippen LogP contribution in [0.3, 0.4) is 0 Å². The van der Waals surface area contributed by atoms with Crippen LogP contribution < -0.4 is 5.32 Å². The zero-order valence-electron chi connectivity index (χ0n) is 19.5. The van der Waals surface area contributed by atoms with E-state index in [1.54, 1.807) is 12.1 Å². The number of fused-ring (bicyclic) bond motifs is 1. The first kappa shape index (κ1) is 23.4. The molecule has 2 atom stereocenters. The summed E-state index contributed by atoms with van der Waals surface area (Å²) in [5, 5.41) is 3.02. The zero-order valence-corrected chi connectivity index (χ0v) is 19.5. The first-order valence-corrected chi connectivity index (χ1v) is 11.6. The number of benzene rings is 2. The van der Waals surface area contributed by atoms with Gasteiger partial charge >= 0.3 is 6.09 Å². The van der Waals surface area contributed by atoms with Crippen LogP contribution in [0.1, 0.15) is 62.8 Å². The van der Waals surface area contributed by atoms with Crippen LogP contribution in [-0.4, -0.2) is 30.7 Å². The molecule has 5 nitrogen and oxygen atoms in total. The van der Waals surface area contributed by atoms with Crippen molar-refractivity contribution in [2.45, 2.75) is 63.5 Å². The van der Waals surface area contributed by atoms with Gasteiger partial charge in [-0.3, -0.25) is 4.79 Å². The number of alkyl carbamates (subject to hydrolysis) is 1. The van der Waals surface area contributed by atoms with Gasteiger partial charge < -0.3 is 14.8 Å². The van der Waals surface area contributed by atoms with Gasteiger partial charge in [0.1, 0.15) is 17.2 Å². The average Bonchev–Trinajstić information content (AvgIpc) is 3.10. The number of carbonyl (C=O) groups is 2. The molecule has 0 radical (unpaired) electrons. The summed E-state index contributed by atoms with van der Waals surface area (Å²) >= 11 is 0. The van der Waals surface area contributed by atoms with Crippen molar-refractivity contribution in [1.29, 1.82) is 0 Å². The van der Waals surface area contributed by atoms with Gasteiger partial charge in [-0.05, 0) is 74.8 Å². The van der Waals surface area contributed by atoms with Crippen LogP contribution >= 0.6 is 0 Å². The molecule has 1 aliphatic carbocycles. The van der Waals surface area contributed by atoms with Gasteiger partial charge in [-0.1, -0.05) is 36.4 Å². The van der Waals surface area contributed by atoms with E-state index in [9.17, 15) is 14.0 Å². The van der Waals surface area contributed by atoms with Crippen LogP contribution in [0.25, 0.3) is 0 Å². The number of nitrogens with one attached hydrogen (secondary N) is 1. The van der Waals surface area contributed by atoms with Crippen LogP contribution in [0.5, 0.6) is 0 Å². The predicted octanol–water partition coefficient (Wildman–Crippen LogP) is 5.27. The second-order valence-electron chi connectivity index (χ2n) is 10.1. The molecular weight excluding hydrogens is 421 g/mol. The van der Waals surface area contributed by atoms with Gasteiger partial charge in [0.05, 0.1) is 11.5 Å². The second kappa shape index (κ2) is 9.26. The summed E-state index contributed by atoms with van der Waals surface area (Å²) in [7, 11) is 0. The lowest BCUT2D eigenvalue weighted by molar-refractivity contribution is -0.129.